The minimum absolute atomic E-state index is 0.250. The Morgan fingerprint density at radius 3 is 3.12 bits per heavy atom. The first-order valence-electron chi connectivity index (χ1n) is 5.62. The van der Waals surface area contributed by atoms with Crippen molar-refractivity contribution in [3.8, 4) is 0 Å². The molecular formula is C12H15N3O2. The van der Waals surface area contributed by atoms with Crippen molar-refractivity contribution in [1.29, 1.82) is 0 Å². The van der Waals surface area contributed by atoms with Crippen LogP contribution < -0.4 is 11.1 Å². The molecule has 0 aromatic carbocycles. The van der Waals surface area contributed by atoms with Crippen LogP contribution in [0.1, 0.15) is 19.3 Å². The lowest BCUT2D eigenvalue weighted by atomic mass is 10.2. The predicted molar refractivity (Wildman–Crippen MR) is 65.5 cm³/mol. The molecule has 0 spiro atoms. The number of anilines is 1. The monoisotopic (exact) mass is 233 g/mol. The van der Waals surface area contributed by atoms with Crippen molar-refractivity contribution in [2.45, 2.75) is 19.3 Å². The number of nitrogens with one attached hydrogen (secondary N) is 1. The SMILES string of the molecule is NC(=O)CCCCNc1nccc2occc12. The van der Waals surface area contributed by atoms with E-state index in [-0.39, 0.29) is 5.91 Å². The zero-order valence-electron chi connectivity index (χ0n) is 9.48. The molecule has 0 aliphatic rings. The molecule has 5 nitrogen and oxygen atoms in total. The van der Waals surface area contributed by atoms with E-state index in [4.69, 9.17) is 10.2 Å². The molecule has 0 bridgehead atoms. The van der Waals surface area contributed by atoms with Gasteiger partial charge < -0.3 is 15.5 Å². The highest BCUT2D eigenvalue weighted by Crippen LogP contribution is 2.21. The topological polar surface area (TPSA) is 81.2 Å². The van der Waals surface area contributed by atoms with Crippen LogP contribution in [0.3, 0.4) is 0 Å². The summed E-state index contributed by atoms with van der Waals surface area (Å²) in [6.07, 6.45) is 5.47. The van der Waals surface area contributed by atoms with Crippen molar-refractivity contribution in [2.24, 2.45) is 5.73 Å². The summed E-state index contributed by atoms with van der Waals surface area (Å²) in [6.45, 7) is 0.768. The number of aromatic nitrogens is 1. The first-order valence-corrected chi connectivity index (χ1v) is 5.62. The van der Waals surface area contributed by atoms with Gasteiger partial charge >= 0.3 is 0 Å². The lowest BCUT2D eigenvalue weighted by molar-refractivity contribution is -0.118. The van der Waals surface area contributed by atoms with Crippen molar-refractivity contribution in [3.63, 3.8) is 0 Å². The normalized spacial score (nSPS) is 10.6. The van der Waals surface area contributed by atoms with E-state index in [2.05, 4.69) is 10.3 Å². The zero-order chi connectivity index (χ0) is 12.1. The quantitative estimate of drug-likeness (QED) is 0.746. The van der Waals surface area contributed by atoms with Gasteiger partial charge in [-0.3, -0.25) is 4.79 Å². The third-order valence-corrected chi connectivity index (χ3v) is 2.52. The molecule has 0 aliphatic heterocycles. The largest absolute Gasteiger partial charge is 0.464 e. The number of amides is 1. The van der Waals surface area contributed by atoms with E-state index >= 15 is 0 Å². The van der Waals surface area contributed by atoms with Crippen LogP contribution in [0, 0.1) is 0 Å². The van der Waals surface area contributed by atoms with E-state index in [9.17, 15) is 4.79 Å². The second-order valence-corrected chi connectivity index (χ2v) is 3.84. The van der Waals surface area contributed by atoms with Gasteiger partial charge in [0.05, 0.1) is 11.6 Å². The fourth-order valence-electron chi connectivity index (χ4n) is 1.67. The second-order valence-electron chi connectivity index (χ2n) is 3.84. The molecule has 0 saturated heterocycles. The number of hydrogen-bond donors (Lipinski definition) is 2. The molecule has 90 valence electrons. The molecule has 0 saturated carbocycles. The van der Waals surface area contributed by atoms with Gasteiger partial charge in [0.2, 0.25) is 5.91 Å². The van der Waals surface area contributed by atoms with Gasteiger partial charge in [-0.25, -0.2) is 4.98 Å². The Labute approximate surface area is 99.0 Å². The molecule has 0 atom stereocenters. The minimum Gasteiger partial charge on any atom is -0.464 e. The summed E-state index contributed by atoms with van der Waals surface area (Å²) in [5.74, 6) is 0.565. The number of pyridine rings is 1. The van der Waals surface area contributed by atoms with Gasteiger partial charge in [0.15, 0.2) is 0 Å². The van der Waals surface area contributed by atoms with E-state index in [0.717, 1.165) is 36.2 Å². The summed E-state index contributed by atoms with van der Waals surface area (Å²) in [5.41, 5.74) is 5.88. The van der Waals surface area contributed by atoms with Gasteiger partial charge in [-0.1, -0.05) is 0 Å². The summed E-state index contributed by atoms with van der Waals surface area (Å²) in [4.78, 5) is 14.8. The number of furan rings is 1. The lowest BCUT2D eigenvalue weighted by Crippen LogP contribution is -2.11. The van der Waals surface area contributed by atoms with E-state index in [1.165, 1.54) is 0 Å². The first-order chi connectivity index (χ1) is 8.27. The van der Waals surface area contributed by atoms with Gasteiger partial charge in [0.25, 0.3) is 0 Å². The van der Waals surface area contributed by atoms with Crippen LogP contribution in [0.25, 0.3) is 11.0 Å². The van der Waals surface area contributed by atoms with Crippen molar-refractivity contribution in [1.82, 2.24) is 4.98 Å². The Morgan fingerprint density at radius 2 is 2.29 bits per heavy atom. The fraction of sp³-hybridized carbons (Fsp3) is 0.333. The van der Waals surface area contributed by atoms with Gasteiger partial charge in [-0.15, -0.1) is 0 Å². The fourth-order valence-corrected chi connectivity index (χ4v) is 1.67. The molecule has 2 aromatic heterocycles. The molecule has 1 amide bonds. The number of rotatable bonds is 6. The van der Waals surface area contributed by atoms with Gasteiger partial charge in [-0.2, -0.15) is 0 Å². The average molecular weight is 233 g/mol. The summed E-state index contributed by atoms with van der Waals surface area (Å²) >= 11 is 0. The third kappa shape index (κ3) is 2.96. The Hall–Kier alpha value is -2.04. The Balaban J connectivity index is 1.86. The van der Waals surface area contributed by atoms with Gasteiger partial charge in [0, 0.05) is 19.2 Å². The van der Waals surface area contributed by atoms with Crippen LogP contribution in [0.4, 0.5) is 5.82 Å². The molecule has 0 fully saturated rings. The Kier molecular flexibility index (Phi) is 3.59. The number of carbonyl (C=O) groups is 1. The highest BCUT2D eigenvalue weighted by molar-refractivity contribution is 5.87. The van der Waals surface area contributed by atoms with E-state index in [1.807, 2.05) is 12.1 Å². The molecule has 17 heavy (non-hydrogen) atoms. The van der Waals surface area contributed by atoms with E-state index < -0.39 is 0 Å². The summed E-state index contributed by atoms with van der Waals surface area (Å²) in [5, 5.41) is 4.20. The number of unbranched alkanes of at least 4 members (excludes halogenated alkanes) is 1. The molecule has 0 radical (unpaired) electrons. The molecule has 2 aromatic rings. The maximum atomic E-state index is 10.5. The number of nitrogens with zero attached hydrogens (tertiary/aromatic N) is 1. The summed E-state index contributed by atoms with van der Waals surface area (Å²) in [6, 6.07) is 3.71. The van der Waals surface area contributed by atoms with Gasteiger partial charge in [-0.05, 0) is 25.0 Å². The second kappa shape index (κ2) is 5.34. The van der Waals surface area contributed by atoms with Crippen molar-refractivity contribution in [3.05, 3.63) is 24.6 Å². The van der Waals surface area contributed by atoms with Crippen LogP contribution in [-0.2, 0) is 4.79 Å². The number of fused-ring (bicyclic) bond motifs is 1. The molecule has 5 heteroatoms. The zero-order valence-corrected chi connectivity index (χ0v) is 9.48. The van der Waals surface area contributed by atoms with Crippen LogP contribution in [0.5, 0.6) is 0 Å². The Morgan fingerprint density at radius 1 is 1.41 bits per heavy atom. The molecule has 0 aliphatic carbocycles. The van der Waals surface area contributed by atoms with Crippen LogP contribution >= 0.6 is 0 Å². The maximum Gasteiger partial charge on any atom is 0.217 e. The Bertz CT molecular complexity index is 507. The summed E-state index contributed by atoms with van der Waals surface area (Å²) in [7, 11) is 0. The molecule has 2 heterocycles. The lowest BCUT2D eigenvalue weighted by Gasteiger charge is -2.05. The van der Waals surface area contributed by atoms with Crippen LogP contribution in [0.2, 0.25) is 0 Å². The number of carbonyl (C=O) groups excluding carboxylic acids is 1. The van der Waals surface area contributed by atoms with Crippen molar-refractivity contribution < 1.29 is 9.21 Å². The molecular weight excluding hydrogens is 218 g/mol. The predicted octanol–water partition coefficient (Wildman–Crippen LogP) is 1.90. The number of primary amides is 1. The number of nitrogens with two attached hydrogens (primary N) is 1. The van der Waals surface area contributed by atoms with Crippen molar-refractivity contribution >= 4 is 22.7 Å². The van der Waals surface area contributed by atoms with E-state index in [0.29, 0.717) is 6.42 Å². The van der Waals surface area contributed by atoms with Crippen molar-refractivity contribution in [2.75, 3.05) is 11.9 Å². The first kappa shape index (κ1) is 11.4. The van der Waals surface area contributed by atoms with E-state index in [1.54, 1.807) is 12.5 Å². The highest BCUT2D eigenvalue weighted by Gasteiger charge is 2.03. The molecule has 2 rings (SSSR count). The average Bonchev–Trinajstić information content (AvgIpc) is 2.77. The molecule has 3 N–H and O–H groups in total. The number of hydrogen-bond acceptors (Lipinski definition) is 4. The minimum atomic E-state index is -0.250. The van der Waals surface area contributed by atoms with Crippen LogP contribution in [-0.4, -0.2) is 17.4 Å². The van der Waals surface area contributed by atoms with Gasteiger partial charge in [0.1, 0.15) is 11.4 Å². The van der Waals surface area contributed by atoms with Crippen LogP contribution in [0.15, 0.2) is 29.0 Å². The summed E-state index contributed by atoms with van der Waals surface area (Å²) < 4.78 is 5.28. The standard InChI is InChI=1S/C12H15N3O2/c13-11(16)3-1-2-6-14-12-9-5-8-17-10(9)4-7-15-12/h4-5,7-8H,1-3,6H2,(H2,13,16)(H,14,15). The third-order valence-electron chi connectivity index (χ3n) is 2.52. The molecule has 0 unspecified atom stereocenters. The smallest absolute Gasteiger partial charge is 0.217 e. The highest BCUT2D eigenvalue weighted by atomic mass is 16.3. The maximum absolute atomic E-state index is 10.5.